The summed E-state index contributed by atoms with van der Waals surface area (Å²) in [6, 6.07) is -1.02. The molecule has 0 spiro atoms. The molecule has 4 N–H and O–H groups in total. The molecule has 2 heterocycles. The van der Waals surface area contributed by atoms with Crippen LogP contribution < -0.4 is 5.32 Å². The number of halogens is 1. The quantitative estimate of drug-likeness (QED) is 0.445. The number of carbonyl (C=O) groups excluding carboxylic acids is 2. The number of nitrogens with zero attached hydrogens (tertiary/aromatic N) is 1. The van der Waals surface area contributed by atoms with Crippen molar-refractivity contribution in [2.75, 3.05) is 13.7 Å². The minimum atomic E-state index is -2.17. The van der Waals surface area contributed by atoms with Crippen molar-refractivity contribution in [3.8, 4) is 0 Å². The minimum absolute atomic E-state index is 0.597. The highest BCUT2D eigenvalue weighted by Gasteiger charge is 2.53. The SMILES string of the molecule is COC1C(F)C(=O)NC(=O)N1[C@@H]1O[C@H](CO)[C@H](O)C1O. The minimum Gasteiger partial charge on any atom is -0.394 e. The summed E-state index contributed by atoms with van der Waals surface area (Å²) < 4.78 is 23.6. The van der Waals surface area contributed by atoms with Crippen molar-refractivity contribution in [3.63, 3.8) is 0 Å². The van der Waals surface area contributed by atoms with E-state index in [4.69, 9.17) is 14.6 Å². The molecule has 0 aromatic heterocycles. The lowest BCUT2D eigenvalue weighted by Gasteiger charge is -2.39. The standard InChI is InChI=1S/C10H15FN2O7/c1-19-8-4(11)7(17)12-10(18)13(8)9-6(16)5(15)3(2-14)20-9/h3-6,8-9,14-16H,2H2,1H3,(H,12,17,18)/t3-,4?,5+,6?,8?,9-/m1/s1. The lowest BCUT2D eigenvalue weighted by Crippen LogP contribution is -2.66. The van der Waals surface area contributed by atoms with E-state index in [1.807, 2.05) is 0 Å². The van der Waals surface area contributed by atoms with E-state index in [9.17, 15) is 24.2 Å². The van der Waals surface area contributed by atoms with Crippen LogP contribution in [0.2, 0.25) is 0 Å². The molecule has 9 nitrogen and oxygen atoms in total. The van der Waals surface area contributed by atoms with Gasteiger partial charge in [-0.1, -0.05) is 0 Å². The van der Waals surface area contributed by atoms with Crippen LogP contribution in [0, 0.1) is 0 Å². The number of nitrogens with one attached hydrogen (secondary N) is 1. The van der Waals surface area contributed by atoms with E-state index in [0.29, 0.717) is 4.90 Å². The summed E-state index contributed by atoms with van der Waals surface area (Å²) >= 11 is 0. The summed E-state index contributed by atoms with van der Waals surface area (Å²) in [5.41, 5.74) is 0. The molecule has 3 amide bonds. The van der Waals surface area contributed by atoms with E-state index in [0.717, 1.165) is 7.11 Å². The van der Waals surface area contributed by atoms with Crippen LogP contribution in [0.1, 0.15) is 0 Å². The van der Waals surface area contributed by atoms with E-state index in [1.54, 1.807) is 5.32 Å². The fourth-order valence-corrected chi connectivity index (χ4v) is 2.23. The van der Waals surface area contributed by atoms with Gasteiger partial charge in [0.25, 0.3) is 5.91 Å². The van der Waals surface area contributed by atoms with Gasteiger partial charge >= 0.3 is 6.03 Å². The first-order valence-electron chi connectivity index (χ1n) is 5.84. The molecule has 2 rings (SSSR count). The monoisotopic (exact) mass is 294 g/mol. The highest BCUT2D eigenvalue weighted by Crippen LogP contribution is 2.28. The van der Waals surface area contributed by atoms with Crippen LogP contribution in [0.4, 0.5) is 9.18 Å². The van der Waals surface area contributed by atoms with Crippen LogP contribution in [-0.2, 0) is 14.3 Å². The molecule has 20 heavy (non-hydrogen) atoms. The Hall–Kier alpha value is -1.33. The van der Waals surface area contributed by atoms with Crippen LogP contribution in [-0.4, -0.2) is 82.8 Å². The lowest BCUT2D eigenvalue weighted by atomic mass is 10.1. The lowest BCUT2D eigenvalue weighted by molar-refractivity contribution is -0.174. The first-order chi connectivity index (χ1) is 9.42. The number of aliphatic hydroxyl groups is 3. The number of hydrogen-bond donors (Lipinski definition) is 4. The molecule has 10 heteroatoms. The Labute approximate surface area is 112 Å². The summed E-state index contributed by atoms with van der Waals surface area (Å²) in [7, 11) is 1.08. The van der Waals surface area contributed by atoms with Gasteiger partial charge in [0.1, 0.15) is 18.3 Å². The number of methoxy groups -OCH3 is 1. The zero-order valence-corrected chi connectivity index (χ0v) is 10.5. The molecule has 2 saturated heterocycles. The zero-order chi connectivity index (χ0) is 15.0. The van der Waals surface area contributed by atoms with Crippen molar-refractivity contribution in [1.82, 2.24) is 10.2 Å². The van der Waals surface area contributed by atoms with Crippen molar-refractivity contribution in [1.29, 1.82) is 0 Å². The zero-order valence-electron chi connectivity index (χ0n) is 10.5. The van der Waals surface area contributed by atoms with Gasteiger partial charge in [-0.05, 0) is 0 Å². The van der Waals surface area contributed by atoms with E-state index in [2.05, 4.69) is 0 Å². The molecule has 114 valence electrons. The maximum Gasteiger partial charge on any atom is 0.328 e. The van der Waals surface area contributed by atoms with Crippen LogP contribution in [0.5, 0.6) is 0 Å². The topological polar surface area (TPSA) is 129 Å². The fourth-order valence-electron chi connectivity index (χ4n) is 2.23. The molecule has 2 aliphatic rings. The van der Waals surface area contributed by atoms with Crippen molar-refractivity contribution >= 4 is 11.9 Å². The van der Waals surface area contributed by atoms with Gasteiger partial charge in [-0.15, -0.1) is 0 Å². The second-order valence-corrected chi connectivity index (χ2v) is 4.46. The van der Waals surface area contributed by atoms with Crippen molar-refractivity contribution in [2.45, 2.75) is 36.9 Å². The van der Waals surface area contributed by atoms with E-state index in [1.165, 1.54) is 0 Å². The summed E-state index contributed by atoms with van der Waals surface area (Å²) in [6.45, 7) is -0.597. The third-order valence-corrected chi connectivity index (χ3v) is 3.27. The van der Waals surface area contributed by atoms with E-state index < -0.39 is 55.5 Å². The van der Waals surface area contributed by atoms with Crippen molar-refractivity contribution in [3.05, 3.63) is 0 Å². The number of amides is 3. The number of imide groups is 1. The van der Waals surface area contributed by atoms with Crippen LogP contribution in [0.3, 0.4) is 0 Å². The van der Waals surface area contributed by atoms with Gasteiger partial charge in [0.05, 0.1) is 6.61 Å². The van der Waals surface area contributed by atoms with Gasteiger partial charge < -0.3 is 24.8 Å². The van der Waals surface area contributed by atoms with E-state index >= 15 is 0 Å². The molecule has 6 atom stereocenters. The third-order valence-electron chi connectivity index (χ3n) is 3.27. The van der Waals surface area contributed by atoms with Gasteiger partial charge in [-0.25, -0.2) is 9.18 Å². The molecule has 0 radical (unpaired) electrons. The van der Waals surface area contributed by atoms with Crippen LogP contribution in [0.15, 0.2) is 0 Å². The first kappa shape index (κ1) is 15.1. The van der Waals surface area contributed by atoms with Crippen molar-refractivity contribution in [2.24, 2.45) is 0 Å². The Morgan fingerprint density at radius 2 is 2.05 bits per heavy atom. The molecule has 0 aromatic carbocycles. The molecular weight excluding hydrogens is 279 g/mol. The summed E-state index contributed by atoms with van der Waals surface area (Å²) in [4.78, 5) is 23.6. The maximum atomic E-state index is 13.7. The highest BCUT2D eigenvalue weighted by molar-refractivity contribution is 5.99. The number of carbonyl (C=O) groups is 2. The normalized spacial score (nSPS) is 42.0. The largest absolute Gasteiger partial charge is 0.394 e. The maximum absolute atomic E-state index is 13.7. The Balaban J connectivity index is 2.25. The second-order valence-electron chi connectivity index (χ2n) is 4.46. The van der Waals surface area contributed by atoms with Gasteiger partial charge in [0.15, 0.2) is 12.5 Å². The molecule has 0 aromatic rings. The Bertz CT molecular complexity index is 409. The number of rotatable bonds is 3. The van der Waals surface area contributed by atoms with Gasteiger partial charge in [0.2, 0.25) is 6.17 Å². The summed E-state index contributed by atoms with van der Waals surface area (Å²) in [5, 5.41) is 30.2. The molecule has 0 aliphatic carbocycles. The van der Waals surface area contributed by atoms with Gasteiger partial charge in [-0.3, -0.25) is 15.0 Å². The van der Waals surface area contributed by atoms with Crippen molar-refractivity contribution < 1.29 is 38.8 Å². The number of ether oxygens (including phenoxy) is 2. The number of urea groups is 1. The fraction of sp³-hybridized carbons (Fsp3) is 0.800. The predicted molar refractivity (Wildman–Crippen MR) is 58.8 cm³/mol. The highest BCUT2D eigenvalue weighted by atomic mass is 19.1. The average molecular weight is 294 g/mol. The van der Waals surface area contributed by atoms with Crippen LogP contribution in [0.25, 0.3) is 0 Å². The predicted octanol–water partition coefficient (Wildman–Crippen LogP) is -2.71. The van der Waals surface area contributed by atoms with Gasteiger partial charge in [-0.2, -0.15) is 0 Å². The molecule has 0 saturated carbocycles. The molecule has 0 bridgehead atoms. The third kappa shape index (κ3) is 2.25. The smallest absolute Gasteiger partial charge is 0.328 e. The molecule has 3 unspecified atom stereocenters. The molecular formula is C10H15FN2O7. The Morgan fingerprint density at radius 3 is 2.55 bits per heavy atom. The molecule has 2 aliphatic heterocycles. The average Bonchev–Trinajstić information content (AvgIpc) is 2.70. The van der Waals surface area contributed by atoms with Crippen LogP contribution >= 0.6 is 0 Å². The number of hydrogen-bond acceptors (Lipinski definition) is 7. The summed E-state index contributed by atoms with van der Waals surface area (Å²) in [5.74, 6) is -1.16. The summed E-state index contributed by atoms with van der Waals surface area (Å²) in [6.07, 6.45) is -9.37. The number of aliphatic hydroxyl groups excluding tert-OH is 3. The first-order valence-corrected chi connectivity index (χ1v) is 5.84. The number of alkyl halides is 1. The Kier molecular flexibility index (Phi) is 4.20. The molecule has 2 fully saturated rings. The van der Waals surface area contributed by atoms with E-state index in [-0.39, 0.29) is 0 Å². The Morgan fingerprint density at radius 1 is 1.40 bits per heavy atom. The second kappa shape index (κ2) is 5.58. The van der Waals surface area contributed by atoms with Gasteiger partial charge in [0, 0.05) is 7.11 Å².